The number of methoxy groups -OCH3 is 1. The number of hydrogen-bond donors (Lipinski definition) is 1. The number of aliphatic carboxylic acids is 1. The minimum absolute atomic E-state index is 0.137. The van der Waals surface area contributed by atoms with Gasteiger partial charge in [-0.2, -0.15) is 5.10 Å². The normalized spacial score (nSPS) is 14.2. The third-order valence-corrected chi connectivity index (χ3v) is 4.05. The Morgan fingerprint density at radius 1 is 1.31 bits per heavy atom. The molecule has 1 aliphatic rings. The zero-order valence-electron chi connectivity index (χ0n) is 15.2. The Balaban J connectivity index is 2.32. The summed E-state index contributed by atoms with van der Waals surface area (Å²) in [5.74, 6) is -1.81. The van der Waals surface area contributed by atoms with Gasteiger partial charge in [-0.15, -0.1) is 0 Å². The minimum Gasteiger partial charge on any atom is -0.480 e. The molecule has 8 nitrogen and oxygen atoms in total. The third kappa shape index (κ3) is 4.66. The van der Waals surface area contributed by atoms with Crippen LogP contribution in [0.1, 0.15) is 24.0 Å². The van der Waals surface area contributed by atoms with Crippen molar-refractivity contribution in [3.8, 4) is 0 Å². The SMILES string of the molecule is COCCN(CC(=O)O)C(=O)C1=NN(c2cc(C)ccc2C)C(=O)CC1. The van der Waals surface area contributed by atoms with E-state index in [4.69, 9.17) is 9.84 Å². The summed E-state index contributed by atoms with van der Waals surface area (Å²) >= 11 is 0. The van der Waals surface area contributed by atoms with Gasteiger partial charge in [-0.1, -0.05) is 12.1 Å². The maximum absolute atomic E-state index is 12.7. The lowest BCUT2D eigenvalue weighted by Crippen LogP contribution is -2.45. The number of amides is 2. The molecule has 1 aliphatic heterocycles. The smallest absolute Gasteiger partial charge is 0.323 e. The fraction of sp³-hybridized carbons (Fsp3) is 0.444. The Morgan fingerprint density at radius 2 is 2.04 bits per heavy atom. The van der Waals surface area contributed by atoms with E-state index >= 15 is 0 Å². The number of carbonyl (C=O) groups excluding carboxylic acids is 2. The van der Waals surface area contributed by atoms with Crippen LogP contribution in [0.5, 0.6) is 0 Å². The van der Waals surface area contributed by atoms with Gasteiger partial charge in [-0.25, -0.2) is 5.01 Å². The van der Waals surface area contributed by atoms with Gasteiger partial charge in [0.05, 0.1) is 12.3 Å². The highest BCUT2D eigenvalue weighted by atomic mass is 16.5. The van der Waals surface area contributed by atoms with Gasteiger partial charge in [0.15, 0.2) is 0 Å². The summed E-state index contributed by atoms with van der Waals surface area (Å²) in [5, 5.41) is 14.5. The van der Waals surface area contributed by atoms with Crippen molar-refractivity contribution < 1.29 is 24.2 Å². The van der Waals surface area contributed by atoms with Crippen LogP contribution in [0.15, 0.2) is 23.3 Å². The highest BCUT2D eigenvalue weighted by Crippen LogP contribution is 2.25. The average Bonchev–Trinajstić information content (AvgIpc) is 2.60. The van der Waals surface area contributed by atoms with E-state index in [9.17, 15) is 14.4 Å². The number of benzene rings is 1. The van der Waals surface area contributed by atoms with E-state index in [1.807, 2.05) is 32.0 Å². The molecule has 0 fully saturated rings. The lowest BCUT2D eigenvalue weighted by Gasteiger charge is -2.27. The monoisotopic (exact) mass is 361 g/mol. The Labute approximate surface area is 152 Å². The van der Waals surface area contributed by atoms with Gasteiger partial charge in [0.2, 0.25) is 5.91 Å². The standard InChI is InChI=1S/C18H23N3O5/c1-12-4-5-13(2)15(10-12)21-16(22)7-6-14(19-21)18(25)20(8-9-26-3)11-17(23)24/h4-5,10H,6-9,11H2,1-3H3,(H,23,24). The van der Waals surface area contributed by atoms with Gasteiger partial charge in [-0.05, 0) is 31.0 Å². The van der Waals surface area contributed by atoms with Crippen molar-refractivity contribution in [3.05, 3.63) is 29.3 Å². The summed E-state index contributed by atoms with van der Waals surface area (Å²) in [6.45, 7) is 3.68. The molecule has 0 spiro atoms. The van der Waals surface area contributed by atoms with Crippen molar-refractivity contribution >= 4 is 29.2 Å². The number of hydrogen-bond acceptors (Lipinski definition) is 5. The second-order valence-corrected chi connectivity index (χ2v) is 6.16. The van der Waals surface area contributed by atoms with Crippen molar-refractivity contribution in [1.82, 2.24) is 4.90 Å². The second-order valence-electron chi connectivity index (χ2n) is 6.16. The molecular formula is C18H23N3O5. The fourth-order valence-electron chi connectivity index (χ4n) is 2.64. The van der Waals surface area contributed by atoms with E-state index in [0.717, 1.165) is 11.1 Å². The number of carbonyl (C=O) groups is 3. The molecule has 1 heterocycles. The van der Waals surface area contributed by atoms with Gasteiger partial charge < -0.3 is 14.7 Å². The number of hydrazone groups is 1. The Hall–Kier alpha value is -2.74. The van der Waals surface area contributed by atoms with Gasteiger partial charge in [-0.3, -0.25) is 14.4 Å². The number of ether oxygens (including phenoxy) is 1. The van der Waals surface area contributed by atoms with E-state index < -0.39 is 18.4 Å². The molecule has 1 N–H and O–H groups in total. The summed E-state index contributed by atoms with van der Waals surface area (Å²) in [5.41, 5.74) is 2.63. The van der Waals surface area contributed by atoms with E-state index in [1.165, 1.54) is 17.0 Å². The van der Waals surface area contributed by atoms with Gasteiger partial charge in [0, 0.05) is 26.5 Å². The number of nitrogens with zero attached hydrogens (tertiary/aromatic N) is 3. The molecule has 0 saturated heterocycles. The van der Waals surface area contributed by atoms with Crippen molar-refractivity contribution in [3.63, 3.8) is 0 Å². The zero-order valence-corrected chi connectivity index (χ0v) is 15.2. The van der Waals surface area contributed by atoms with Crippen molar-refractivity contribution in [2.75, 3.05) is 31.8 Å². The Morgan fingerprint density at radius 3 is 2.69 bits per heavy atom. The highest BCUT2D eigenvalue weighted by Gasteiger charge is 2.29. The third-order valence-electron chi connectivity index (χ3n) is 4.05. The zero-order chi connectivity index (χ0) is 19.3. The molecule has 0 atom stereocenters. The average molecular weight is 361 g/mol. The molecule has 140 valence electrons. The highest BCUT2D eigenvalue weighted by molar-refractivity contribution is 6.40. The first-order valence-electron chi connectivity index (χ1n) is 8.31. The van der Waals surface area contributed by atoms with Crippen LogP contribution in [0, 0.1) is 13.8 Å². The molecular weight excluding hydrogens is 338 g/mol. The second kappa shape index (κ2) is 8.57. The van der Waals surface area contributed by atoms with E-state index in [-0.39, 0.29) is 37.6 Å². The summed E-state index contributed by atoms with van der Waals surface area (Å²) in [7, 11) is 1.47. The molecule has 26 heavy (non-hydrogen) atoms. The number of rotatable bonds is 7. The van der Waals surface area contributed by atoms with Crippen LogP contribution in [-0.4, -0.2) is 60.3 Å². The molecule has 0 unspecified atom stereocenters. The predicted octanol–water partition coefficient (Wildman–Crippen LogP) is 1.35. The molecule has 0 aromatic heterocycles. The summed E-state index contributed by atoms with van der Waals surface area (Å²) in [6, 6.07) is 5.66. The summed E-state index contributed by atoms with van der Waals surface area (Å²) in [6.07, 6.45) is 0.325. The van der Waals surface area contributed by atoms with E-state index in [2.05, 4.69) is 5.10 Å². The number of anilines is 1. The van der Waals surface area contributed by atoms with Gasteiger partial charge >= 0.3 is 5.97 Å². The van der Waals surface area contributed by atoms with Crippen LogP contribution in [0.3, 0.4) is 0 Å². The number of carboxylic acids is 1. The molecule has 8 heteroatoms. The first-order chi connectivity index (χ1) is 12.3. The van der Waals surface area contributed by atoms with Crippen LogP contribution in [0.25, 0.3) is 0 Å². The summed E-state index contributed by atoms with van der Waals surface area (Å²) in [4.78, 5) is 37.2. The van der Waals surface area contributed by atoms with Crippen LogP contribution >= 0.6 is 0 Å². The fourth-order valence-corrected chi connectivity index (χ4v) is 2.64. The maximum atomic E-state index is 12.7. The van der Waals surface area contributed by atoms with Crippen molar-refractivity contribution in [2.45, 2.75) is 26.7 Å². The predicted molar refractivity (Wildman–Crippen MR) is 96.2 cm³/mol. The molecule has 1 aromatic rings. The van der Waals surface area contributed by atoms with Crippen LogP contribution in [0.2, 0.25) is 0 Å². The van der Waals surface area contributed by atoms with Crippen molar-refractivity contribution in [1.29, 1.82) is 0 Å². The topological polar surface area (TPSA) is 99.5 Å². The first-order valence-corrected chi connectivity index (χ1v) is 8.31. The van der Waals surface area contributed by atoms with E-state index in [1.54, 1.807) is 0 Å². The lowest BCUT2D eigenvalue weighted by molar-refractivity contribution is -0.142. The first kappa shape index (κ1) is 19.6. The Kier molecular flexibility index (Phi) is 6.46. The largest absolute Gasteiger partial charge is 0.480 e. The summed E-state index contributed by atoms with van der Waals surface area (Å²) < 4.78 is 4.94. The molecule has 1 aromatic carbocycles. The minimum atomic E-state index is -1.12. The van der Waals surface area contributed by atoms with Crippen molar-refractivity contribution in [2.24, 2.45) is 5.10 Å². The molecule has 0 bridgehead atoms. The van der Waals surface area contributed by atoms with Gasteiger partial charge in [0.25, 0.3) is 5.91 Å². The molecule has 0 radical (unpaired) electrons. The molecule has 2 rings (SSSR count). The molecule has 2 amide bonds. The van der Waals surface area contributed by atoms with Gasteiger partial charge in [0.1, 0.15) is 12.3 Å². The number of carboxylic acid groups (broad SMARTS) is 1. The Bertz CT molecular complexity index is 744. The van der Waals surface area contributed by atoms with Crippen LogP contribution < -0.4 is 5.01 Å². The molecule has 0 aliphatic carbocycles. The number of aryl methyl sites for hydroxylation is 2. The van der Waals surface area contributed by atoms with Crippen LogP contribution in [-0.2, 0) is 19.1 Å². The van der Waals surface area contributed by atoms with Crippen LogP contribution in [0.4, 0.5) is 5.69 Å². The maximum Gasteiger partial charge on any atom is 0.323 e. The van der Waals surface area contributed by atoms with E-state index in [0.29, 0.717) is 5.69 Å². The quantitative estimate of drug-likeness (QED) is 0.790. The lowest BCUT2D eigenvalue weighted by atomic mass is 10.1. The molecule has 0 saturated carbocycles.